The van der Waals surface area contributed by atoms with Crippen LogP contribution in [0.1, 0.15) is 17.5 Å². The lowest BCUT2D eigenvalue weighted by Crippen LogP contribution is -2.04. The number of hydrogen-bond acceptors (Lipinski definition) is 5. The average Bonchev–Trinajstić information content (AvgIpc) is 3.09. The number of aliphatic carboxylic acids is 1. The molecule has 0 atom stereocenters. The molecule has 0 saturated carbocycles. The highest BCUT2D eigenvalue weighted by molar-refractivity contribution is 8.18. The summed E-state index contributed by atoms with van der Waals surface area (Å²) >= 11 is 1.11. The molecule has 0 radical (unpaired) electrons. The van der Waals surface area contributed by atoms with Gasteiger partial charge in [-0.3, -0.25) is 14.3 Å². The molecule has 1 amide bonds. The summed E-state index contributed by atoms with van der Waals surface area (Å²) in [5.41, 5.74) is 8.99. The Labute approximate surface area is 148 Å². The highest BCUT2D eigenvalue weighted by Crippen LogP contribution is 2.30. The zero-order valence-corrected chi connectivity index (χ0v) is 14.3. The van der Waals surface area contributed by atoms with Crippen LogP contribution in [-0.4, -0.2) is 31.9 Å². The van der Waals surface area contributed by atoms with Gasteiger partial charge in [0.25, 0.3) is 5.91 Å². The van der Waals surface area contributed by atoms with Crippen molar-refractivity contribution in [3.05, 3.63) is 46.5 Å². The summed E-state index contributed by atoms with van der Waals surface area (Å²) in [4.78, 5) is 26.8. The Bertz CT molecular complexity index is 897. The normalized spacial score (nSPS) is 15.6. The fourth-order valence-corrected chi connectivity index (χ4v) is 3.04. The van der Waals surface area contributed by atoms with Gasteiger partial charge in [0.05, 0.1) is 23.6 Å². The molecule has 2 heterocycles. The van der Waals surface area contributed by atoms with Gasteiger partial charge in [-0.05, 0) is 24.8 Å². The maximum atomic E-state index is 11.8. The Hall–Kier alpha value is -2.87. The van der Waals surface area contributed by atoms with Gasteiger partial charge < -0.3 is 10.8 Å². The van der Waals surface area contributed by atoms with Crippen molar-refractivity contribution < 1.29 is 14.7 Å². The van der Waals surface area contributed by atoms with Crippen molar-refractivity contribution in [2.24, 2.45) is 10.7 Å². The predicted octanol–water partition coefficient (Wildman–Crippen LogP) is 2.26. The van der Waals surface area contributed by atoms with Crippen LogP contribution in [0, 0.1) is 6.92 Å². The molecule has 2 aromatic rings. The third-order valence-electron chi connectivity index (χ3n) is 3.59. The zero-order chi connectivity index (χ0) is 18.0. The lowest BCUT2D eigenvalue weighted by atomic mass is 10.1. The number of nitrogens with zero attached hydrogens (tertiary/aromatic N) is 3. The lowest BCUT2D eigenvalue weighted by Gasteiger charge is -2.01. The molecular formula is C17H16N4O3S. The van der Waals surface area contributed by atoms with E-state index in [4.69, 9.17) is 10.8 Å². The standard InChI is InChI=1S/C17H16N4O3S/c1-10-2-4-11(5-3-10)15-12(8-13-16(24)19-17(18)25-13)9-21(20-15)7-6-14(22)23/h2-5,8-9H,6-7H2,1H3,(H,22,23)(H2,18,19,24). The minimum absolute atomic E-state index is 0.0330. The molecule has 0 unspecified atom stereocenters. The number of aliphatic imine (C=N–C) groups is 1. The van der Waals surface area contributed by atoms with Crippen molar-refractivity contribution in [2.45, 2.75) is 19.9 Å². The number of carboxylic acids is 1. The second-order valence-electron chi connectivity index (χ2n) is 5.57. The highest BCUT2D eigenvalue weighted by atomic mass is 32.2. The van der Waals surface area contributed by atoms with Crippen LogP contribution in [0.2, 0.25) is 0 Å². The maximum Gasteiger partial charge on any atom is 0.305 e. The van der Waals surface area contributed by atoms with E-state index < -0.39 is 5.97 Å². The number of benzene rings is 1. The van der Waals surface area contributed by atoms with Crippen molar-refractivity contribution in [2.75, 3.05) is 0 Å². The Kier molecular flexibility index (Phi) is 4.71. The smallest absolute Gasteiger partial charge is 0.305 e. The zero-order valence-electron chi connectivity index (χ0n) is 13.5. The first kappa shape index (κ1) is 17.0. The number of carbonyl (C=O) groups excluding carboxylic acids is 1. The summed E-state index contributed by atoms with van der Waals surface area (Å²) < 4.78 is 1.57. The summed E-state index contributed by atoms with van der Waals surface area (Å²) in [7, 11) is 0. The molecule has 1 aromatic carbocycles. The van der Waals surface area contributed by atoms with Gasteiger partial charge in [-0.15, -0.1) is 0 Å². The number of thioether (sulfide) groups is 1. The molecule has 25 heavy (non-hydrogen) atoms. The van der Waals surface area contributed by atoms with Gasteiger partial charge in [0.15, 0.2) is 5.17 Å². The van der Waals surface area contributed by atoms with E-state index in [-0.39, 0.29) is 24.0 Å². The van der Waals surface area contributed by atoms with E-state index in [0.29, 0.717) is 10.6 Å². The first-order valence-corrected chi connectivity index (χ1v) is 8.38. The molecule has 1 aromatic heterocycles. The number of amidine groups is 1. The number of amides is 1. The molecule has 8 heteroatoms. The molecule has 0 bridgehead atoms. The number of rotatable bonds is 5. The summed E-state index contributed by atoms with van der Waals surface area (Å²) in [5.74, 6) is -1.27. The molecule has 3 rings (SSSR count). The fraction of sp³-hybridized carbons (Fsp3) is 0.176. The van der Waals surface area contributed by atoms with E-state index in [1.54, 1.807) is 17.0 Å². The largest absolute Gasteiger partial charge is 0.481 e. The van der Waals surface area contributed by atoms with Crippen LogP contribution >= 0.6 is 11.8 Å². The number of nitrogens with two attached hydrogens (primary N) is 1. The molecule has 0 aliphatic carbocycles. The Morgan fingerprint density at radius 2 is 2.08 bits per heavy atom. The fourth-order valence-electron chi connectivity index (χ4n) is 2.37. The van der Waals surface area contributed by atoms with Crippen LogP contribution in [-0.2, 0) is 16.1 Å². The molecule has 128 valence electrons. The van der Waals surface area contributed by atoms with Crippen molar-refractivity contribution in [1.29, 1.82) is 0 Å². The monoisotopic (exact) mass is 356 g/mol. The van der Waals surface area contributed by atoms with Crippen molar-refractivity contribution >= 4 is 34.9 Å². The van der Waals surface area contributed by atoms with Gasteiger partial charge in [-0.2, -0.15) is 10.1 Å². The van der Waals surface area contributed by atoms with E-state index in [1.165, 1.54) is 0 Å². The van der Waals surface area contributed by atoms with Gasteiger partial charge in [0.2, 0.25) is 0 Å². The third-order valence-corrected chi connectivity index (χ3v) is 4.41. The molecule has 3 N–H and O–H groups in total. The minimum atomic E-state index is -0.894. The van der Waals surface area contributed by atoms with E-state index in [1.807, 2.05) is 31.2 Å². The van der Waals surface area contributed by atoms with Crippen LogP contribution in [0.15, 0.2) is 40.4 Å². The predicted molar refractivity (Wildman–Crippen MR) is 96.9 cm³/mol. The van der Waals surface area contributed by atoms with E-state index in [9.17, 15) is 9.59 Å². The second kappa shape index (κ2) is 6.94. The van der Waals surface area contributed by atoms with Gasteiger partial charge in [0, 0.05) is 17.3 Å². The summed E-state index contributed by atoms with van der Waals surface area (Å²) in [6.07, 6.45) is 3.39. The van der Waals surface area contributed by atoms with Gasteiger partial charge in [-0.1, -0.05) is 29.8 Å². The van der Waals surface area contributed by atoms with Crippen molar-refractivity contribution in [1.82, 2.24) is 9.78 Å². The number of carbonyl (C=O) groups is 2. The lowest BCUT2D eigenvalue weighted by molar-refractivity contribution is -0.137. The van der Waals surface area contributed by atoms with Crippen LogP contribution in [0.4, 0.5) is 0 Å². The second-order valence-corrected chi connectivity index (χ2v) is 6.63. The summed E-state index contributed by atoms with van der Waals surface area (Å²) in [6, 6.07) is 7.82. The SMILES string of the molecule is Cc1ccc(-c2nn(CCC(=O)O)cc2C=C2SC(N)=NC2=O)cc1. The van der Waals surface area contributed by atoms with Gasteiger partial charge in [0.1, 0.15) is 0 Å². The number of hydrogen-bond donors (Lipinski definition) is 2. The average molecular weight is 356 g/mol. The molecule has 1 aliphatic rings. The molecule has 0 saturated heterocycles. The Morgan fingerprint density at radius 1 is 1.36 bits per heavy atom. The summed E-state index contributed by atoms with van der Waals surface area (Å²) in [5, 5.41) is 13.6. The van der Waals surface area contributed by atoms with Gasteiger partial charge >= 0.3 is 5.97 Å². The molecule has 0 spiro atoms. The maximum absolute atomic E-state index is 11.8. The Balaban J connectivity index is 1.99. The number of aryl methyl sites for hydroxylation is 2. The molecule has 1 aliphatic heterocycles. The first-order valence-electron chi connectivity index (χ1n) is 7.56. The third kappa shape index (κ3) is 3.97. The first-order chi connectivity index (χ1) is 11.9. The number of aromatic nitrogens is 2. The molecule has 7 nitrogen and oxygen atoms in total. The highest BCUT2D eigenvalue weighted by Gasteiger charge is 2.21. The van der Waals surface area contributed by atoms with Crippen LogP contribution in [0.5, 0.6) is 0 Å². The van der Waals surface area contributed by atoms with Gasteiger partial charge in [-0.25, -0.2) is 0 Å². The minimum Gasteiger partial charge on any atom is -0.481 e. The van der Waals surface area contributed by atoms with E-state index in [0.717, 1.165) is 28.5 Å². The summed E-state index contributed by atoms with van der Waals surface area (Å²) in [6.45, 7) is 2.24. The molecular weight excluding hydrogens is 340 g/mol. The van der Waals surface area contributed by atoms with Crippen LogP contribution in [0.3, 0.4) is 0 Å². The molecule has 0 fully saturated rings. The topological polar surface area (TPSA) is 111 Å². The Morgan fingerprint density at radius 3 is 2.68 bits per heavy atom. The van der Waals surface area contributed by atoms with Crippen molar-refractivity contribution in [3.8, 4) is 11.3 Å². The number of carboxylic acid groups (broad SMARTS) is 1. The van der Waals surface area contributed by atoms with Crippen LogP contribution in [0.25, 0.3) is 17.3 Å². The van der Waals surface area contributed by atoms with E-state index >= 15 is 0 Å². The quantitative estimate of drug-likeness (QED) is 0.795. The van der Waals surface area contributed by atoms with Crippen LogP contribution < -0.4 is 5.73 Å². The van der Waals surface area contributed by atoms with Crippen molar-refractivity contribution in [3.63, 3.8) is 0 Å². The van der Waals surface area contributed by atoms with E-state index in [2.05, 4.69) is 10.1 Å².